The summed E-state index contributed by atoms with van der Waals surface area (Å²) in [5.41, 5.74) is 1.25. The SMILES string of the molecule is CC(C)CCn1nc2n(c1=O)CCC(NC(=O)c1cn[nH]c1-c1cccs1)CC2. The van der Waals surface area contributed by atoms with Crippen molar-refractivity contribution in [1.82, 2.24) is 29.9 Å². The Morgan fingerprint density at radius 1 is 1.41 bits per heavy atom. The highest BCUT2D eigenvalue weighted by Crippen LogP contribution is 2.26. The zero-order valence-electron chi connectivity index (χ0n) is 16.7. The number of thiophene rings is 1. The number of aromatic nitrogens is 5. The normalized spacial score (nSPS) is 16.6. The highest BCUT2D eigenvalue weighted by Gasteiger charge is 2.24. The molecule has 154 valence electrons. The summed E-state index contributed by atoms with van der Waals surface area (Å²) in [5, 5.41) is 16.6. The van der Waals surface area contributed by atoms with E-state index < -0.39 is 0 Å². The van der Waals surface area contributed by atoms with Gasteiger partial charge in [-0.3, -0.25) is 14.5 Å². The van der Waals surface area contributed by atoms with Crippen molar-refractivity contribution in [3.8, 4) is 10.6 Å². The number of fused-ring (bicyclic) bond motifs is 1. The molecule has 1 atom stereocenters. The molecule has 1 amide bonds. The maximum absolute atomic E-state index is 12.8. The van der Waals surface area contributed by atoms with Crippen molar-refractivity contribution in [2.75, 3.05) is 0 Å². The van der Waals surface area contributed by atoms with Gasteiger partial charge in [0.1, 0.15) is 5.82 Å². The first-order chi connectivity index (χ1) is 14.0. The summed E-state index contributed by atoms with van der Waals surface area (Å²) in [6.07, 6.45) is 4.66. The maximum Gasteiger partial charge on any atom is 0.345 e. The topological polar surface area (TPSA) is 97.6 Å². The standard InChI is InChI=1S/C20H26N6O2S/c1-13(2)7-10-26-20(28)25-9-8-14(5-6-17(25)24-26)22-19(27)15-12-21-23-18(15)16-4-3-11-29-16/h3-4,11-14H,5-10H2,1-2H3,(H,21,23)(H,22,27). The summed E-state index contributed by atoms with van der Waals surface area (Å²) in [7, 11) is 0. The molecule has 3 aromatic rings. The van der Waals surface area contributed by atoms with E-state index in [1.807, 2.05) is 17.5 Å². The molecule has 1 unspecified atom stereocenters. The number of aryl methyl sites for hydroxylation is 2. The van der Waals surface area contributed by atoms with Gasteiger partial charge in [0.15, 0.2) is 0 Å². The number of nitrogens with zero attached hydrogens (tertiary/aromatic N) is 4. The minimum absolute atomic E-state index is 0.00111. The van der Waals surface area contributed by atoms with E-state index in [1.165, 1.54) is 0 Å². The Labute approximate surface area is 173 Å². The number of carbonyl (C=O) groups is 1. The van der Waals surface area contributed by atoms with Gasteiger partial charge in [-0.1, -0.05) is 19.9 Å². The second-order valence-electron chi connectivity index (χ2n) is 7.89. The third-order valence-electron chi connectivity index (χ3n) is 5.32. The van der Waals surface area contributed by atoms with E-state index in [4.69, 9.17) is 0 Å². The fraction of sp³-hybridized carbons (Fsp3) is 0.500. The fourth-order valence-electron chi connectivity index (χ4n) is 3.63. The van der Waals surface area contributed by atoms with E-state index in [-0.39, 0.29) is 17.6 Å². The van der Waals surface area contributed by atoms with Gasteiger partial charge in [0, 0.05) is 25.6 Å². The Morgan fingerprint density at radius 3 is 3.03 bits per heavy atom. The zero-order chi connectivity index (χ0) is 20.4. The van der Waals surface area contributed by atoms with Gasteiger partial charge < -0.3 is 5.32 Å². The average Bonchev–Trinajstić information content (AvgIpc) is 3.40. The van der Waals surface area contributed by atoms with Crippen LogP contribution in [0.1, 0.15) is 49.3 Å². The van der Waals surface area contributed by atoms with E-state index in [2.05, 4.69) is 34.5 Å². The predicted octanol–water partition coefficient (Wildman–Crippen LogP) is 2.68. The molecule has 1 aliphatic rings. The number of nitrogens with one attached hydrogen (secondary N) is 2. The van der Waals surface area contributed by atoms with Crippen LogP contribution in [0, 0.1) is 5.92 Å². The Morgan fingerprint density at radius 2 is 2.28 bits per heavy atom. The fourth-order valence-corrected chi connectivity index (χ4v) is 4.36. The molecule has 0 spiro atoms. The molecule has 0 aliphatic carbocycles. The largest absolute Gasteiger partial charge is 0.349 e. The van der Waals surface area contributed by atoms with Crippen LogP contribution in [0.3, 0.4) is 0 Å². The van der Waals surface area contributed by atoms with Crippen molar-refractivity contribution >= 4 is 17.2 Å². The molecule has 0 saturated carbocycles. The molecule has 2 N–H and O–H groups in total. The third kappa shape index (κ3) is 4.19. The van der Waals surface area contributed by atoms with Crippen LogP contribution in [-0.4, -0.2) is 36.5 Å². The first-order valence-electron chi connectivity index (χ1n) is 10.1. The molecule has 0 aromatic carbocycles. The molecule has 0 radical (unpaired) electrons. The Balaban J connectivity index is 1.42. The first-order valence-corrected chi connectivity index (χ1v) is 11.0. The van der Waals surface area contributed by atoms with Crippen molar-refractivity contribution in [1.29, 1.82) is 0 Å². The van der Waals surface area contributed by atoms with Crippen LogP contribution in [0.15, 0.2) is 28.5 Å². The number of aromatic amines is 1. The lowest BCUT2D eigenvalue weighted by molar-refractivity contribution is 0.0933. The van der Waals surface area contributed by atoms with Crippen LogP contribution in [0.4, 0.5) is 0 Å². The second-order valence-corrected chi connectivity index (χ2v) is 8.84. The summed E-state index contributed by atoms with van der Waals surface area (Å²) in [5.74, 6) is 1.21. The average molecular weight is 415 g/mol. The lowest BCUT2D eigenvalue weighted by Gasteiger charge is -2.16. The van der Waals surface area contributed by atoms with Crippen molar-refractivity contribution < 1.29 is 4.79 Å². The first kappa shape index (κ1) is 19.6. The van der Waals surface area contributed by atoms with Crippen LogP contribution >= 0.6 is 11.3 Å². The minimum Gasteiger partial charge on any atom is -0.349 e. The Kier molecular flexibility index (Phi) is 5.66. The molecule has 0 fully saturated rings. The lowest BCUT2D eigenvalue weighted by Crippen LogP contribution is -2.36. The monoisotopic (exact) mass is 414 g/mol. The zero-order valence-corrected chi connectivity index (χ0v) is 17.5. The minimum atomic E-state index is -0.138. The molecule has 29 heavy (non-hydrogen) atoms. The molecule has 1 aliphatic heterocycles. The maximum atomic E-state index is 12.8. The number of rotatable bonds is 6. The summed E-state index contributed by atoms with van der Waals surface area (Å²) in [6.45, 7) is 5.51. The van der Waals surface area contributed by atoms with Crippen LogP contribution in [0.2, 0.25) is 0 Å². The van der Waals surface area contributed by atoms with Gasteiger partial charge in [-0.15, -0.1) is 11.3 Å². The molecule has 4 rings (SSSR count). The van der Waals surface area contributed by atoms with Gasteiger partial charge in [0.25, 0.3) is 5.91 Å². The number of H-pyrrole nitrogens is 1. The van der Waals surface area contributed by atoms with Crippen molar-refractivity contribution in [2.45, 2.75) is 58.7 Å². The highest BCUT2D eigenvalue weighted by atomic mass is 32.1. The van der Waals surface area contributed by atoms with Crippen LogP contribution in [0.25, 0.3) is 10.6 Å². The number of hydrogen-bond acceptors (Lipinski definition) is 5. The molecule has 0 bridgehead atoms. The van der Waals surface area contributed by atoms with E-state index >= 15 is 0 Å². The van der Waals surface area contributed by atoms with E-state index in [1.54, 1.807) is 26.8 Å². The van der Waals surface area contributed by atoms with Crippen LogP contribution in [0.5, 0.6) is 0 Å². The predicted molar refractivity (Wildman–Crippen MR) is 112 cm³/mol. The molecular weight excluding hydrogens is 388 g/mol. The second kappa shape index (κ2) is 8.36. The van der Waals surface area contributed by atoms with E-state index in [0.717, 1.165) is 29.2 Å². The van der Waals surface area contributed by atoms with Gasteiger partial charge >= 0.3 is 5.69 Å². The Bertz CT molecular complexity index is 1030. The molecule has 0 saturated heterocycles. The molecule has 9 heteroatoms. The summed E-state index contributed by atoms with van der Waals surface area (Å²) < 4.78 is 3.36. The summed E-state index contributed by atoms with van der Waals surface area (Å²) in [4.78, 5) is 26.4. The third-order valence-corrected chi connectivity index (χ3v) is 6.21. The molecular formula is C20H26N6O2S. The van der Waals surface area contributed by atoms with Crippen LogP contribution < -0.4 is 11.0 Å². The molecule has 4 heterocycles. The van der Waals surface area contributed by atoms with Gasteiger partial charge in [0.2, 0.25) is 0 Å². The molecule has 3 aromatic heterocycles. The van der Waals surface area contributed by atoms with Gasteiger partial charge in [0.05, 0.1) is 22.3 Å². The van der Waals surface area contributed by atoms with Gasteiger partial charge in [-0.2, -0.15) is 10.2 Å². The van der Waals surface area contributed by atoms with Crippen molar-refractivity contribution in [3.63, 3.8) is 0 Å². The number of amides is 1. The van der Waals surface area contributed by atoms with E-state index in [9.17, 15) is 9.59 Å². The quantitative estimate of drug-likeness (QED) is 0.648. The van der Waals surface area contributed by atoms with Crippen molar-refractivity contribution in [3.05, 3.63) is 45.6 Å². The highest BCUT2D eigenvalue weighted by molar-refractivity contribution is 7.13. The Hall–Kier alpha value is -2.68. The smallest absolute Gasteiger partial charge is 0.345 e. The van der Waals surface area contributed by atoms with Gasteiger partial charge in [-0.25, -0.2) is 9.48 Å². The summed E-state index contributed by atoms with van der Waals surface area (Å²) in [6, 6.07) is 3.91. The van der Waals surface area contributed by atoms with Gasteiger partial charge in [-0.05, 0) is 36.6 Å². The number of carbonyl (C=O) groups excluding carboxylic acids is 1. The van der Waals surface area contributed by atoms with E-state index in [0.29, 0.717) is 37.4 Å². The lowest BCUT2D eigenvalue weighted by atomic mass is 10.1. The molecule has 8 nitrogen and oxygen atoms in total. The number of hydrogen-bond donors (Lipinski definition) is 2. The summed E-state index contributed by atoms with van der Waals surface area (Å²) >= 11 is 1.56. The van der Waals surface area contributed by atoms with Crippen molar-refractivity contribution in [2.24, 2.45) is 5.92 Å². The van der Waals surface area contributed by atoms with Crippen LogP contribution in [-0.2, 0) is 19.5 Å².